The van der Waals surface area contributed by atoms with Gasteiger partial charge < -0.3 is 5.11 Å². The third-order valence-corrected chi connectivity index (χ3v) is 3.98. The molecule has 18 heavy (non-hydrogen) atoms. The summed E-state index contributed by atoms with van der Waals surface area (Å²) in [5.41, 5.74) is 5.30. The van der Waals surface area contributed by atoms with E-state index in [0.29, 0.717) is 0 Å². The molecular weight excluding hydrogens is 220 g/mol. The number of benzene rings is 2. The Hall–Kier alpha value is -1.60. The van der Waals surface area contributed by atoms with Gasteiger partial charge in [0, 0.05) is 12.8 Å². The molecule has 1 N–H and O–H groups in total. The summed E-state index contributed by atoms with van der Waals surface area (Å²) < 4.78 is 0. The van der Waals surface area contributed by atoms with Crippen LogP contribution in [0.15, 0.2) is 42.5 Å². The molecular formula is C17H18O. The molecule has 0 saturated carbocycles. The summed E-state index contributed by atoms with van der Waals surface area (Å²) in [6.07, 6.45) is 1.46. The van der Waals surface area contributed by atoms with Crippen molar-refractivity contribution in [1.82, 2.24) is 0 Å². The highest BCUT2D eigenvalue weighted by Crippen LogP contribution is 2.39. The molecule has 2 aromatic rings. The summed E-state index contributed by atoms with van der Waals surface area (Å²) in [5, 5.41) is 11.0. The molecule has 0 saturated heterocycles. The van der Waals surface area contributed by atoms with Crippen LogP contribution in [-0.4, -0.2) is 5.11 Å². The van der Waals surface area contributed by atoms with E-state index in [1.165, 1.54) is 22.3 Å². The van der Waals surface area contributed by atoms with Gasteiger partial charge in [0.2, 0.25) is 0 Å². The first-order valence-electron chi connectivity index (χ1n) is 6.45. The molecule has 1 nitrogen and oxygen atoms in total. The zero-order valence-corrected chi connectivity index (χ0v) is 10.9. The van der Waals surface area contributed by atoms with Crippen molar-refractivity contribution in [3.8, 4) is 0 Å². The van der Waals surface area contributed by atoms with Crippen molar-refractivity contribution >= 4 is 0 Å². The van der Waals surface area contributed by atoms with Crippen LogP contribution in [0, 0.1) is 13.8 Å². The zero-order valence-electron chi connectivity index (χ0n) is 10.9. The highest BCUT2D eigenvalue weighted by atomic mass is 16.3. The SMILES string of the molecule is Cc1ccc(C)c(C2(O)Cc3ccccc3C2)c1. The minimum absolute atomic E-state index is 0.722. The molecule has 0 heterocycles. The molecule has 3 rings (SSSR count). The van der Waals surface area contributed by atoms with Gasteiger partial charge in [0.05, 0.1) is 5.60 Å². The molecule has 92 valence electrons. The third-order valence-electron chi connectivity index (χ3n) is 3.98. The summed E-state index contributed by atoms with van der Waals surface area (Å²) in [6, 6.07) is 14.7. The summed E-state index contributed by atoms with van der Waals surface area (Å²) in [6.45, 7) is 4.16. The second kappa shape index (κ2) is 3.96. The summed E-state index contributed by atoms with van der Waals surface area (Å²) >= 11 is 0. The van der Waals surface area contributed by atoms with Gasteiger partial charge in [0.15, 0.2) is 0 Å². The van der Waals surface area contributed by atoms with Crippen LogP contribution in [0.5, 0.6) is 0 Å². The Morgan fingerprint density at radius 3 is 2.17 bits per heavy atom. The van der Waals surface area contributed by atoms with Crippen LogP contribution < -0.4 is 0 Å². The maximum Gasteiger partial charge on any atom is 0.0979 e. The molecule has 0 aliphatic heterocycles. The van der Waals surface area contributed by atoms with Gasteiger partial charge in [0.1, 0.15) is 0 Å². The third kappa shape index (κ3) is 1.75. The first-order valence-corrected chi connectivity index (χ1v) is 6.45. The lowest BCUT2D eigenvalue weighted by atomic mass is 9.86. The number of hydrogen-bond acceptors (Lipinski definition) is 1. The zero-order chi connectivity index (χ0) is 12.8. The molecule has 0 aromatic heterocycles. The molecule has 0 unspecified atom stereocenters. The van der Waals surface area contributed by atoms with E-state index in [-0.39, 0.29) is 0 Å². The van der Waals surface area contributed by atoms with E-state index in [2.05, 4.69) is 44.2 Å². The van der Waals surface area contributed by atoms with Crippen molar-refractivity contribution in [2.75, 3.05) is 0 Å². The Balaban J connectivity index is 2.06. The first kappa shape index (κ1) is 11.5. The monoisotopic (exact) mass is 238 g/mol. The Kier molecular flexibility index (Phi) is 2.53. The Labute approximate surface area is 108 Å². The highest BCUT2D eigenvalue weighted by Gasteiger charge is 2.37. The van der Waals surface area contributed by atoms with Crippen molar-refractivity contribution in [2.24, 2.45) is 0 Å². The molecule has 0 fully saturated rings. The molecule has 0 radical (unpaired) electrons. The molecule has 1 aliphatic rings. The summed E-state index contributed by atoms with van der Waals surface area (Å²) in [4.78, 5) is 0. The lowest BCUT2D eigenvalue weighted by Crippen LogP contribution is -2.27. The van der Waals surface area contributed by atoms with E-state index in [9.17, 15) is 5.11 Å². The summed E-state index contributed by atoms with van der Waals surface area (Å²) in [5.74, 6) is 0. The van der Waals surface area contributed by atoms with Crippen LogP contribution in [0.1, 0.15) is 27.8 Å². The second-order valence-corrected chi connectivity index (χ2v) is 5.47. The fourth-order valence-electron chi connectivity index (χ4n) is 3.02. The lowest BCUT2D eigenvalue weighted by Gasteiger charge is -2.25. The van der Waals surface area contributed by atoms with Gasteiger partial charge in [-0.15, -0.1) is 0 Å². The van der Waals surface area contributed by atoms with Gasteiger partial charge in [0.25, 0.3) is 0 Å². The maximum atomic E-state index is 11.0. The molecule has 0 amide bonds. The van der Waals surface area contributed by atoms with E-state index in [1.807, 2.05) is 12.1 Å². The van der Waals surface area contributed by atoms with Crippen LogP contribution in [-0.2, 0) is 18.4 Å². The Morgan fingerprint density at radius 2 is 1.56 bits per heavy atom. The van der Waals surface area contributed by atoms with Gasteiger partial charge in [-0.2, -0.15) is 0 Å². The highest BCUT2D eigenvalue weighted by molar-refractivity contribution is 5.43. The van der Waals surface area contributed by atoms with Crippen molar-refractivity contribution in [2.45, 2.75) is 32.3 Å². The Morgan fingerprint density at radius 1 is 0.944 bits per heavy atom. The van der Waals surface area contributed by atoms with Crippen LogP contribution in [0.4, 0.5) is 0 Å². The van der Waals surface area contributed by atoms with E-state index < -0.39 is 5.60 Å². The van der Waals surface area contributed by atoms with Crippen molar-refractivity contribution in [1.29, 1.82) is 0 Å². The number of rotatable bonds is 1. The van der Waals surface area contributed by atoms with Crippen molar-refractivity contribution < 1.29 is 5.11 Å². The van der Waals surface area contributed by atoms with Crippen LogP contribution in [0.2, 0.25) is 0 Å². The minimum atomic E-state index is -0.722. The average molecular weight is 238 g/mol. The second-order valence-electron chi connectivity index (χ2n) is 5.47. The molecule has 1 aliphatic carbocycles. The largest absolute Gasteiger partial charge is 0.384 e. The minimum Gasteiger partial charge on any atom is -0.384 e. The summed E-state index contributed by atoms with van der Waals surface area (Å²) in [7, 11) is 0. The Bertz CT molecular complexity index is 573. The molecule has 0 bridgehead atoms. The van der Waals surface area contributed by atoms with Gasteiger partial charge >= 0.3 is 0 Å². The predicted octanol–water partition coefficient (Wildman–Crippen LogP) is 3.29. The number of aryl methyl sites for hydroxylation is 2. The molecule has 2 aromatic carbocycles. The van der Waals surface area contributed by atoms with Gasteiger partial charge in [-0.3, -0.25) is 0 Å². The van der Waals surface area contributed by atoms with Crippen LogP contribution in [0.3, 0.4) is 0 Å². The van der Waals surface area contributed by atoms with Crippen LogP contribution >= 0.6 is 0 Å². The number of fused-ring (bicyclic) bond motifs is 1. The van der Waals surface area contributed by atoms with Gasteiger partial charge in [-0.05, 0) is 36.1 Å². The normalized spacial score (nSPS) is 16.6. The van der Waals surface area contributed by atoms with E-state index in [1.54, 1.807) is 0 Å². The van der Waals surface area contributed by atoms with Gasteiger partial charge in [-0.25, -0.2) is 0 Å². The maximum absolute atomic E-state index is 11.0. The number of aliphatic hydroxyl groups is 1. The fraction of sp³-hybridized carbons (Fsp3) is 0.294. The molecule has 0 atom stereocenters. The lowest BCUT2D eigenvalue weighted by molar-refractivity contribution is 0.0475. The molecule has 0 spiro atoms. The topological polar surface area (TPSA) is 20.2 Å². The quantitative estimate of drug-likeness (QED) is 0.808. The smallest absolute Gasteiger partial charge is 0.0979 e. The predicted molar refractivity (Wildman–Crippen MR) is 73.7 cm³/mol. The van der Waals surface area contributed by atoms with Gasteiger partial charge in [-0.1, -0.05) is 48.0 Å². The van der Waals surface area contributed by atoms with E-state index >= 15 is 0 Å². The number of hydrogen-bond donors (Lipinski definition) is 1. The fourth-order valence-corrected chi connectivity index (χ4v) is 3.02. The van der Waals surface area contributed by atoms with E-state index in [4.69, 9.17) is 0 Å². The van der Waals surface area contributed by atoms with Crippen LogP contribution in [0.25, 0.3) is 0 Å². The standard InChI is InChI=1S/C17H18O/c1-12-7-8-13(2)16(9-12)17(18)10-14-5-3-4-6-15(14)11-17/h3-9,18H,10-11H2,1-2H3. The van der Waals surface area contributed by atoms with E-state index in [0.717, 1.165) is 18.4 Å². The van der Waals surface area contributed by atoms with Crippen molar-refractivity contribution in [3.63, 3.8) is 0 Å². The van der Waals surface area contributed by atoms with Crippen molar-refractivity contribution in [3.05, 3.63) is 70.3 Å². The molecule has 1 heteroatoms. The first-order chi connectivity index (χ1) is 8.58. The average Bonchev–Trinajstić information content (AvgIpc) is 2.69.